The monoisotopic (exact) mass is 470 g/mol. The van der Waals surface area contributed by atoms with Gasteiger partial charge < -0.3 is 5.32 Å². The van der Waals surface area contributed by atoms with Gasteiger partial charge in [-0.15, -0.1) is 0 Å². The van der Waals surface area contributed by atoms with Crippen molar-refractivity contribution in [1.29, 1.82) is 0 Å². The van der Waals surface area contributed by atoms with E-state index in [0.29, 0.717) is 22.8 Å². The van der Waals surface area contributed by atoms with Gasteiger partial charge in [-0.1, -0.05) is 72.6 Å². The number of carbonyl (C=O) groups is 1. The van der Waals surface area contributed by atoms with Crippen LogP contribution < -0.4 is 9.62 Å². The van der Waals surface area contributed by atoms with Crippen LogP contribution in [-0.2, 0) is 14.8 Å². The van der Waals surface area contributed by atoms with Gasteiger partial charge in [-0.2, -0.15) is 0 Å². The number of nitrogens with one attached hydrogen (secondary N) is 1. The van der Waals surface area contributed by atoms with Crippen LogP contribution in [0.5, 0.6) is 0 Å². The largest absolute Gasteiger partial charge is 0.354 e. The third-order valence-electron chi connectivity index (χ3n) is 5.38. The number of carbonyl (C=O) groups excluding carboxylic acids is 1. The predicted molar refractivity (Wildman–Crippen MR) is 130 cm³/mol. The normalized spacial score (nSPS) is 12.2. The molecule has 0 unspecified atom stereocenters. The second-order valence-electron chi connectivity index (χ2n) is 7.82. The molecule has 0 heterocycles. The van der Waals surface area contributed by atoms with Gasteiger partial charge in [0.15, 0.2) is 0 Å². The number of halogens is 1. The number of aryl methyl sites for hydroxylation is 1. The molecule has 3 aromatic rings. The average molecular weight is 471 g/mol. The van der Waals surface area contributed by atoms with Crippen molar-refractivity contribution < 1.29 is 13.2 Å². The molecule has 7 heteroatoms. The fraction of sp³-hybridized carbons (Fsp3) is 0.240. The number of rotatable bonds is 8. The SMILES string of the molecule is Cc1ccc(S(=O)(=O)N(CC(=O)NC[C@@H](C)c2ccccc2)c2cccc(Cl)c2C)cc1. The summed E-state index contributed by atoms with van der Waals surface area (Å²) < 4.78 is 28.1. The van der Waals surface area contributed by atoms with Crippen LogP contribution in [0.4, 0.5) is 5.69 Å². The molecular weight excluding hydrogens is 444 g/mol. The first kappa shape index (κ1) is 23.8. The van der Waals surface area contributed by atoms with Crippen molar-refractivity contribution in [3.05, 3.63) is 94.5 Å². The lowest BCUT2D eigenvalue weighted by Gasteiger charge is -2.26. The highest BCUT2D eigenvalue weighted by Gasteiger charge is 2.28. The Bertz CT molecular complexity index is 1180. The molecule has 168 valence electrons. The number of nitrogens with zero attached hydrogens (tertiary/aromatic N) is 1. The summed E-state index contributed by atoms with van der Waals surface area (Å²) >= 11 is 6.26. The van der Waals surface area contributed by atoms with Gasteiger partial charge in [0.05, 0.1) is 10.6 Å². The molecule has 0 saturated carbocycles. The molecule has 32 heavy (non-hydrogen) atoms. The topological polar surface area (TPSA) is 66.5 Å². The Morgan fingerprint density at radius 2 is 1.62 bits per heavy atom. The van der Waals surface area contributed by atoms with Crippen molar-refractivity contribution in [3.63, 3.8) is 0 Å². The van der Waals surface area contributed by atoms with Crippen LogP contribution in [0.3, 0.4) is 0 Å². The number of hydrogen-bond acceptors (Lipinski definition) is 3. The standard InChI is InChI=1S/C25H27ClN2O3S/c1-18-12-14-22(15-13-18)32(30,31)28(24-11-7-10-23(26)20(24)3)17-25(29)27-16-19(2)21-8-5-4-6-9-21/h4-15,19H,16-17H2,1-3H3,(H,27,29)/t19-/m1/s1. The van der Waals surface area contributed by atoms with Crippen LogP contribution in [0.2, 0.25) is 5.02 Å². The van der Waals surface area contributed by atoms with Gasteiger partial charge in [-0.25, -0.2) is 8.42 Å². The lowest BCUT2D eigenvalue weighted by Crippen LogP contribution is -2.42. The van der Waals surface area contributed by atoms with Crippen LogP contribution in [0.25, 0.3) is 0 Å². The summed E-state index contributed by atoms with van der Waals surface area (Å²) in [6.07, 6.45) is 0. The van der Waals surface area contributed by atoms with Gasteiger partial charge in [-0.3, -0.25) is 9.10 Å². The Morgan fingerprint density at radius 1 is 0.969 bits per heavy atom. The third kappa shape index (κ3) is 5.50. The molecule has 5 nitrogen and oxygen atoms in total. The van der Waals surface area contributed by atoms with Crippen molar-refractivity contribution in [3.8, 4) is 0 Å². The molecule has 0 aliphatic rings. The molecule has 1 N–H and O–H groups in total. The minimum Gasteiger partial charge on any atom is -0.354 e. The molecule has 0 aromatic heterocycles. The average Bonchev–Trinajstić information content (AvgIpc) is 2.78. The molecule has 1 amide bonds. The first-order valence-corrected chi connectivity index (χ1v) is 12.2. The predicted octanol–water partition coefficient (Wildman–Crippen LogP) is 5.07. The summed E-state index contributed by atoms with van der Waals surface area (Å²) in [4.78, 5) is 13.0. The van der Waals surface area contributed by atoms with E-state index in [1.807, 2.05) is 44.2 Å². The summed E-state index contributed by atoms with van der Waals surface area (Å²) in [6.45, 7) is 5.69. The van der Waals surface area contributed by atoms with Gasteiger partial charge in [0.1, 0.15) is 6.54 Å². The van der Waals surface area contributed by atoms with Crippen molar-refractivity contribution in [2.24, 2.45) is 0 Å². The molecule has 0 saturated heterocycles. The zero-order valence-corrected chi connectivity index (χ0v) is 20.0. The Morgan fingerprint density at radius 3 is 2.28 bits per heavy atom. The summed E-state index contributed by atoms with van der Waals surface area (Å²) in [6, 6.07) is 21.4. The number of sulfonamides is 1. The smallest absolute Gasteiger partial charge is 0.264 e. The van der Waals surface area contributed by atoms with E-state index in [4.69, 9.17) is 11.6 Å². The lowest BCUT2D eigenvalue weighted by atomic mass is 10.0. The van der Waals surface area contributed by atoms with Crippen LogP contribution in [0, 0.1) is 13.8 Å². The first-order valence-electron chi connectivity index (χ1n) is 10.4. The van der Waals surface area contributed by atoms with Crippen LogP contribution >= 0.6 is 11.6 Å². The van der Waals surface area contributed by atoms with Gasteiger partial charge >= 0.3 is 0 Å². The summed E-state index contributed by atoms with van der Waals surface area (Å²) in [5.74, 6) is -0.293. The maximum Gasteiger partial charge on any atom is 0.264 e. The zero-order valence-electron chi connectivity index (χ0n) is 18.4. The molecule has 0 aliphatic carbocycles. The summed E-state index contributed by atoms with van der Waals surface area (Å²) in [7, 11) is -3.98. The highest BCUT2D eigenvalue weighted by molar-refractivity contribution is 7.92. The van der Waals surface area contributed by atoms with E-state index in [-0.39, 0.29) is 23.3 Å². The second kappa shape index (κ2) is 10.2. The fourth-order valence-electron chi connectivity index (χ4n) is 3.36. The molecule has 3 aromatic carbocycles. The van der Waals surface area contributed by atoms with E-state index in [2.05, 4.69) is 5.32 Å². The minimum atomic E-state index is -3.98. The van der Waals surface area contributed by atoms with Gasteiger partial charge in [0, 0.05) is 11.6 Å². The molecular formula is C25H27ClN2O3S. The number of anilines is 1. The van der Waals surface area contributed by atoms with Gasteiger partial charge in [0.25, 0.3) is 10.0 Å². The number of amides is 1. The zero-order chi connectivity index (χ0) is 23.3. The highest BCUT2D eigenvalue weighted by atomic mass is 35.5. The van der Waals surface area contributed by atoms with Crippen molar-refractivity contribution in [2.45, 2.75) is 31.6 Å². The van der Waals surface area contributed by atoms with E-state index in [9.17, 15) is 13.2 Å². The molecule has 0 fully saturated rings. The highest BCUT2D eigenvalue weighted by Crippen LogP contribution is 2.30. The van der Waals surface area contributed by atoms with E-state index >= 15 is 0 Å². The molecule has 0 bridgehead atoms. The molecule has 3 rings (SSSR count). The number of benzene rings is 3. The van der Waals surface area contributed by atoms with E-state index in [1.165, 1.54) is 0 Å². The van der Waals surface area contributed by atoms with Gasteiger partial charge in [0.2, 0.25) is 5.91 Å². The molecule has 1 atom stereocenters. The Hall–Kier alpha value is -2.83. The fourth-order valence-corrected chi connectivity index (χ4v) is 5.00. The van der Waals surface area contributed by atoms with Crippen molar-refractivity contribution in [2.75, 3.05) is 17.4 Å². The lowest BCUT2D eigenvalue weighted by molar-refractivity contribution is -0.119. The van der Waals surface area contributed by atoms with Crippen LogP contribution in [0.1, 0.15) is 29.5 Å². The first-order chi connectivity index (χ1) is 15.2. The van der Waals surface area contributed by atoms with Crippen molar-refractivity contribution in [1.82, 2.24) is 5.32 Å². The minimum absolute atomic E-state index is 0.0928. The van der Waals surface area contributed by atoms with E-state index < -0.39 is 10.0 Å². The summed E-state index contributed by atoms with van der Waals surface area (Å²) in [5, 5.41) is 3.30. The Kier molecular flexibility index (Phi) is 7.59. The second-order valence-corrected chi connectivity index (χ2v) is 10.1. The maximum absolute atomic E-state index is 13.5. The van der Waals surface area contributed by atoms with E-state index in [0.717, 1.165) is 15.4 Å². The quantitative estimate of drug-likeness (QED) is 0.499. The third-order valence-corrected chi connectivity index (χ3v) is 7.56. The van der Waals surface area contributed by atoms with E-state index in [1.54, 1.807) is 49.4 Å². The maximum atomic E-state index is 13.5. The van der Waals surface area contributed by atoms with Crippen LogP contribution in [0.15, 0.2) is 77.7 Å². The number of hydrogen-bond donors (Lipinski definition) is 1. The molecule has 0 radical (unpaired) electrons. The molecule has 0 aliphatic heterocycles. The van der Waals surface area contributed by atoms with Gasteiger partial charge in [-0.05, 0) is 55.2 Å². The Balaban J connectivity index is 1.87. The summed E-state index contributed by atoms with van der Waals surface area (Å²) in [5.41, 5.74) is 3.02. The van der Waals surface area contributed by atoms with Crippen molar-refractivity contribution >= 4 is 33.2 Å². The molecule has 0 spiro atoms. The van der Waals surface area contributed by atoms with Crippen LogP contribution in [-0.4, -0.2) is 27.4 Å². The Labute approximate surface area is 195 Å².